The maximum Gasteiger partial charge on any atom is 0.326 e. The van der Waals surface area contributed by atoms with Crippen molar-refractivity contribution in [2.45, 2.75) is 39.7 Å². The molecule has 0 aromatic carbocycles. The Bertz CT molecular complexity index is 505. The van der Waals surface area contributed by atoms with E-state index in [2.05, 4.69) is 10.3 Å². The normalized spacial score (nSPS) is 13.6. The largest absolute Gasteiger partial charge is 0.480 e. The summed E-state index contributed by atoms with van der Waals surface area (Å²) in [4.78, 5) is 27.4. The van der Waals surface area contributed by atoms with Crippen LogP contribution in [0.4, 0.5) is 0 Å². The zero-order chi connectivity index (χ0) is 15.3. The molecule has 0 aliphatic rings. The van der Waals surface area contributed by atoms with Crippen LogP contribution in [0.2, 0.25) is 5.15 Å². The number of hydrogen-bond donors (Lipinski definition) is 2. The average molecular weight is 299 g/mol. The summed E-state index contributed by atoms with van der Waals surface area (Å²) in [5.41, 5.74) is 1.02. The first-order chi connectivity index (χ1) is 9.38. The summed E-state index contributed by atoms with van der Waals surface area (Å²) in [5, 5.41) is 11.9. The van der Waals surface area contributed by atoms with Crippen molar-refractivity contribution in [2.24, 2.45) is 5.92 Å². The highest BCUT2D eigenvalue weighted by Gasteiger charge is 2.25. The van der Waals surface area contributed by atoms with Crippen molar-refractivity contribution in [1.29, 1.82) is 0 Å². The Labute approximate surface area is 123 Å². The standard InChI is InChI=1S/C14H19ClN2O3/c1-4-8(3)12(14(19)20)17-13(18)9-6-10(5-2)16-11(15)7-9/h6-8,12H,4-5H2,1-3H3,(H,17,18)(H,19,20)/t8?,12-/m0/s1. The minimum Gasteiger partial charge on any atom is -0.480 e. The first kappa shape index (κ1) is 16.4. The van der Waals surface area contributed by atoms with Crippen molar-refractivity contribution in [3.63, 3.8) is 0 Å². The minimum atomic E-state index is -1.04. The molecule has 0 bridgehead atoms. The summed E-state index contributed by atoms with van der Waals surface area (Å²) in [6.07, 6.45) is 1.31. The number of halogens is 1. The number of hydrogen-bond acceptors (Lipinski definition) is 3. The van der Waals surface area contributed by atoms with Crippen LogP contribution in [0.5, 0.6) is 0 Å². The van der Waals surface area contributed by atoms with Crippen molar-refractivity contribution in [2.75, 3.05) is 0 Å². The molecule has 2 atom stereocenters. The monoisotopic (exact) mass is 298 g/mol. The molecule has 0 radical (unpaired) electrons. The van der Waals surface area contributed by atoms with Gasteiger partial charge in [0.1, 0.15) is 11.2 Å². The smallest absolute Gasteiger partial charge is 0.326 e. The van der Waals surface area contributed by atoms with Crippen LogP contribution in [0, 0.1) is 5.92 Å². The van der Waals surface area contributed by atoms with Crippen LogP contribution in [-0.2, 0) is 11.2 Å². The number of nitrogens with zero attached hydrogens (tertiary/aromatic N) is 1. The maximum absolute atomic E-state index is 12.1. The number of pyridine rings is 1. The first-order valence-corrected chi connectivity index (χ1v) is 6.96. The predicted octanol–water partition coefficient (Wildman–Crippen LogP) is 2.53. The fourth-order valence-corrected chi connectivity index (χ4v) is 2.00. The van der Waals surface area contributed by atoms with E-state index in [1.165, 1.54) is 6.07 Å². The van der Waals surface area contributed by atoms with Crippen LogP contribution in [0.25, 0.3) is 0 Å². The van der Waals surface area contributed by atoms with Crippen LogP contribution in [0.1, 0.15) is 43.2 Å². The molecule has 6 heteroatoms. The van der Waals surface area contributed by atoms with Gasteiger partial charge in [0.25, 0.3) is 5.91 Å². The lowest BCUT2D eigenvalue weighted by Crippen LogP contribution is -2.45. The van der Waals surface area contributed by atoms with E-state index >= 15 is 0 Å². The summed E-state index contributed by atoms with van der Waals surface area (Å²) < 4.78 is 0. The first-order valence-electron chi connectivity index (χ1n) is 6.59. The van der Waals surface area contributed by atoms with Gasteiger partial charge in [0, 0.05) is 11.3 Å². The Morgan fingerprint density at radius 2 is 2.05 bits per heavy atom. The van der Waals surface area contributed by atoms with Crippen molar-refractivity contribution in [3.05, 3.63) is 28.5 Å². The molecule has 0 aliphatic carbocycles. The molecule has 1 aromatic heterocycles. The van der Waals surface area contributed by atoms with Gasteiger partial charge in [-0.2, -0.15) is 0 Å². The Morgan fingerprint density at radius 1 is 1.40 bits per heavy atom. The van der Waals surface area contributed by atoms with Crippen molar-refractivity contribution in [1.82, 2.24) is 10.3 Å². The van der Waals surface area contributed by atoms with Crippen molar-refractivity contribution >= 4 is 23.5 Å². The number of amides is 1. The number of carbonyl (C=O) groups excluding carboxylic acids is 1. The molecule has 5 nitrogen and oxygen atoms in total. The van der Waals surface area contributed by atoms with E-state index in [0.717, 1.165) is 0 Å². The molecular formula is C14H19ClN2O3. The molecular weight excluding hydrogens is 280 g/mol. The van der Waals surface area contributed by atoms with Gasteiger partial charge in [-0.3, -0.25) is 4.79 Å². The third kappa shape index (κ3) is 4.20. The molecule has 20 heavy (non-hydrogen) atoms. The van der Waals surface area contributed by atoms with E-state index in [4.69, 9.17) is 11.6 Å². The van der Waals surface area contributed by atoms with Gasteiger partial charge in [-0.25, -0.2) is 9.78 Å². The Kier molecular flexibility index (Phi) is 5.95. The summed E-state index contributed by atoms with van der Waals surface area (Å²) >= 11 is 5.85. The number of carbonyl (C=O) groups is 2. The second-order valence-electron chi connectivity index (χ2n) is 4.70. The van der Waals surface area contributed by atoms with Crippen molar-refractivity contribution < 1.29 is 14.7 Å². The summed E-state index contributed by atoms with van der Waals surface area (Å²) in [5.74, 6) is -1.64. The second-order valence-corrected chi connectivity index (χ2v) is 5.09. The van der Waals surface area contributed by atoms with Gasteiger partial charge >= 0.3 is 5.97 Å². The van der Waals surface area contributed by atoms with Crippen LogP contribution in [0.15, 0.2) is 12.1 Å². The zero-order valence-electron chi connectivity index (χ0n) is 11.8. The quantitative estimate of drug-likeness (QED) is 0.791. The highest BCUT2D eigenvalue weighted by atomic mass is 35.5. The molecule has 0 spiro atoms. The zero-order valence-corrected chi connectivity index (χ0v) is 12.6. The number of aliphatic carboxylic acids is 1. The van der Waals surface area contributed by atoms with Gasteiger partial charge in [0.2, 0.25) is 0 Å². The van der Waals surface area contributed by atoms with E-state index in [0.29, 0.717) is 24.1 Å². The molecule has 1 rings (SSSR count). The SMILES string of the molecule is CCc1cc(C(=O)N[C@H](C(=O)O)C(C)CC)cc(Cl)n1. The Balaban J connectivity index is 2.94. The Hall–Kier alpha value is -1.62. The number of carboxylic acids is 1. The molecule has 0 saturated carbocycles. The van der Waals surface area contributed by atoms with Gasteiger partial charge in [0.05, 0.1) is 0 Å². The highest BCUT2D eigenvalue weighted by Crippen LogP contribution is 2.13. The van der Waals surface area contributed by atoms with Gasteiger partial charge in [0.15, 0.2) is 0 Å². The molecule has 0 saturated heterocycles. The molecule has 110 valence electrons. The average Bonchev–Trinajstić information content (AvgIpc) is 2.42. The van der Waals surface area contributed by atoms with Gasteiger partial charge in [-0.15, -0.1) is 0 Å². The molecule has 1 unspecified atom stereocenters. The van der Waals surface area contributed by atoms with Crippen molar-refractivity contribution in [3.8, 4) is 0 Å². The second kappa shape index (κ2) is 7.24. The van der Waals surface area contributed by atoms with Crippen LogP contribution >= 0.6 is 11.6 Å². The highest BCUT2D eigenvalue weighted by molar-refractivity contribution is 6.29. The van der Waals surface area contributed by atoms with E-state index in [9.17, 15) is 14.7 Å². The molecule has 0 aliphatic heterocycles. The van der Waals surface area contributed by atoms with E-state index in [1.807, 2.05) is 13.8 Å². The van der Waals surface area contributed by atoms with Crippen LogP contribution in [-0.4, -0.2) is 28.0 Å². The Morgan fingerprint density at radius 3 is 2.55 bits per heavy atom. The van der Waals surface area contributed by atoms with Gasteiger partial charge < -0.3 is 10.4 Å². The molecule has 1 aromatic rings. The number of carboxylic acid groups (broad SMARTS) is 1. The summed E-state index contributed by atoms with van der Waals surface area (Å²) in [7, 11) is 0. The fourth-order valence-electron chi connectivity index (χ4n) is 1.77. The molecule has 2 N–H and O–H groups in total. The lowest BCUT2D eigenvalue weighted by Gasteiger charge is -2.20. The molecule has 1 amide bonds. The lowest BCUT2D eigenvalue weighted by atomic mass is 9.99. The van der Waals surface area contributed by atoms with E-state index in [1.54, 1.807) is 13.0 Å². The number of aromatic nitrogens is 1. The maximum atomic E-state index is 12.1. The minimum absolute atomic E-state index is 0.153. The summed E-state index contributed by atoms with van der Waals surface area (Å²) in [6.45, 7) is 5.57. The van der Waals surface area contributed by atoms with E-state index < -0.39 is 17.9 Å². The number of aryl methyl sites for hydroxylation is 1. The fraction of sp³-hybridized carbons (Fsp3) is 0.500. The topological polar surface area (TPSA) is 79.3 Å². The van der Waals surface area contributed by atoms with Gasteiger partial charge in [-0.1, -0.05) is 38.8 Å². The lowest BCUT2D eigenvalue weighted by molar-refractivity contribution is -0.140. The van der Waals surface area contributed by atoms with Gasteiger partial charge in [-0.05, 0) is 24.5 Å². The van der Waals surface area contributed by atoms with E-state index in [-0.39, 0.29) is 11.1 Å². The molecule has 0 fully saturated rings. The number of rotatable bonds is 6. The molecule has 1 heterocycles. The van der Waals surface area contributed by atoms with Crippen LogP contribution < -0.4 is 5.32 Å². The third-order valence-electron chi connectivity index (χ3n) is 3.24. The predicted molar refractivity (Wildman–Crippen MR) is 77.0 cm³/mol. The number of nitrogens with one attached hydrogen (secondary N) is 1. The third-order valence-corrected chi connectivity index (χ3v) is 3.43. The summed E-state index contributed by atoms with van der Waals surface area (Å²) in [6, 6.07) is 2.15. The van der Waals surface area contributed by atoms with Crippen LogP contribution in [0.3, 0.4) is 0 Å².